The molecule has 0 fully saturated rings. The van der Waals surface area contributed by atoms with E-state index in [-0.39, 0.29) is 5.28 Å². The molecule has 1 N–H and O–H groups in total. The van der Waals surface area contributed by atoms with Crippen molar-refractivity contribution in [3.05, 3.63) is 17.0 Å². The van der Waals surface area contributed by atoms with Crippen LogP contribution in [0.5, 0.6) is 0 Å². The van der Waals surface area contributed by atoms with E-state index in [1.165, 1.54) is 11.8 Å². The van der Waals surface area contributed by atoms with Crippen LogP contribution in [0.1, 0.15) is 5.69 Å². The van der Waals surface area contributed by atoms with Gasteiger partial charge in [0.15, 0.2) is 5.16 Å². The first-order chi connectivity index (χ1) is 8.08. The van der Waals surface area contributed by atoms with E-state index in [0.717, 1.165) is 10.7 Å². The first kappa shape index (κ1) is 12.1. The van der Waals surface area contributed by atoms with Gasteiger partial charge in [0.2, 0.25) is 11.2 Å². The number of aromatic nitrogens is 5. The Morgan fingerprint density at radius 3 is 2.71 bits per heavy atom. The first-order valence-electron chi connectivity index (χ1n) is 4.86. The van der Waals surface area contributed by atoms with Gasteiger partial charge in [-0.3, -0.25) is 4.68 Å². The minimum absolute atomic E-state index is 0.172. The Balaban J connectivity index is 2.29. The molecular formula is C9H11ClN6S. The van der Waals surface area contributed by atoms with Gasteiger partial charge in [-0.1, -0.05) is 0 Å². The second-order valence-electron chi connectivity index (χ2n) is 3.31. The molecule has 2 aromatic rings. The van der Waals surface area contributed by atoms with Crippen molar-refractivity contribution in [3.8, 4) is 0 Å². The van der Waals surface area contributed by atoms with E-state index >= 15 is 0 Å². The fourth-order valence-corrected chi connectivity index (χ4v) is 2.33. The SMILES string of the molecule is CNc1nc(Cl)nc(Sc2cc(C)nn2C)n1. The summed E-state index contributed by atoms with van der Waals surface area (Å²) in [5.74, 6) is 0.450. The first-order valence-corrected chi connectivity index (χ1v) is 6.06. The van der Waals surface area contributed by atoms with E-state index in [2.05, 4.69) is 25.4 Å². The summed E-state index contributed by atoms with van der Waals surface area (Å²) in [6, 6.07) is 1.96. The number of nitrogens with one attached hydrogen (secondary N) is 1. The average molecular weight is 271 g/mol. The van der Waals surface area contributed by atoms with Crippen molar-refractivity contribution in [2.75, 3.05) is 12.4 Å². The van der Waals surface area contributed by atoms with E-state index in [1.54, 1.807) is 11.7 Å². The Kier molecular flexibility index (Phi) is 3.49. The molecule has 0 saturated carbocycles. The van der Waals surface area contributed by atoms with Crippen LogP contribution in [0.15, 0.2) is 16.2 Å². The van der Waals surface area contributed by atoms with Crippen molar-refractivity contribution in [1.29, 1.82) is 0 Å². The molecular weight excluding hydrogens is 260 g/mol. The Morgan fingerprint density at radius 2 is 2.12 bits per heavy atom. The van der Waals surface area contributed by atoms with Crippen LogP contribution in [-0.2, 0) is 7.05 Å². The minimum atomic E-state index is 0.172. The van der Waals surface area contributed by atoms with Gasteiger partial charge in [-0.15, -0.1) is 0 Å². The summed E-state index contributed by atoms with van der Waals surface area (Å²) >= 11 is 7.19. The zero-order valence-electron chi connectivity index (χ0n) is 9.60. The number of hydrogen-bond donors (Lipinski definition) is 1. The van der Waals surface area contributed by atoms with Gasteiger partial charge in [0, 0.05) is 14.1 Å². The van der Waals surface area contributed by atoms with Gasteiger partial charge in [0.25, 0.3) is 0 Å². The third-order valence-corrected chi connectivity index (χ3v) is 3.09. The van der Waals surface area contributed by atoms with Gasteiger partial charge in [-0.05, 0) is 36.4 Å². The maximum atomic E-state index is 5.80. The predicted molar refractivity (Wildman–Crippen MR) is 66.5 cm³/mol. The van der Waals surface area contributed by atoms with Crippen molar-refractivity contribution in [2.45, 2.75) is 17.1 Å². The quantitative estimate of drug-likeness (QED) is 0.917. The van der Waals surface area contributed by atoms with Crippen LogP contribution in [-0.4, -0.2) is 31.8 Å². The van der Waals surface area contributed by atoms with E-state index in [4.69, 9.17) is 11.6 Å². The fraction of sp³-hybridized carbons (Fsp3) is 0.333. The molecule has 0 saturated heterocycles. The highest BCUT2D eigenvalue weighted by Crippen LogP contribution is 2.25. The molecule has 17 heavy (non-hydrogen) atoms. The lowest BCUT2D eigenvalue weighted by molar-refractivity contribution is 0.691. The zero-order chi connectivity index (χ0) is 12.4. The lowest BCUT2D eigenvalue weighted by atomic mass is 10.5. The van der Waals surface area contributed by atoms with E-state index in [9.17, 15) is 0 Å². The summed E-state index contributed by atoms with van der Waals surface area (Å²) in [6.45, 7) is 1.93. The van der Waals surface area contributed by atoms with Gasteiger partial charge in [0.1, 0.15) is 5.03 Å². The highest BCUT2D eigenvalue weighted by Gasteiger charge is 2.09. The van der Waals surface area contributed by atoms with Crippen LogP contribution in [0, 0.1) is 6.92 Å². The van der Waals surface area contributed by atoms with Crippen LogP contribution in [0.2, 0.25) is 5.28 Å². The van der Waals surface area contributed by atoms with Crippen LogP contribution in [0.4, 0.5) is 5.95 Å². The van der Waals surface area contributed by atoms with Gasteiger partial charge in [-0.2, -0.15) is 20.1 Å². The Labute approximate surface area is 108 Å². The van der Waals surface area contributed by atoms with Crippen LogP contribution < -0.4 is 5.32 Å². The summed E-state index contributed by atoms with van der Waals surface area (Å²) in [6.07, 6.45) is 0. The van der Waals surface area contributed by atoms with Gasteiger partial charge in [-0.25, -0.2) is 0 Å². The highest BCUT2D eigenvalue weighted by molar-refractivity contribution is 7.99. The van der Waals surface area contributed by atoms with Crippen LogP contribution in [0.25, 0.3) is 0 Å². The molecule has 0 spiro atoms. The number of halogens is 1. The largest absolute Gasteiger partial charge is 0.357 e. The monoisotopic (exact) mass is 270 g/mol. The number of rotatable bonds is 3. The minimum Gasteiger partial charge on any atom is -0.357 e. The van der Waals surface area contributed by atoms with Gasteiger partial charge >= 0.3 is 0 Å². The number of aryl methyl sites for hydroxylation is 2. The normalized spacial score (nSPS) is 10.6. The number of hydrogen-bond acceptors (Lipinski definition) is 6. The molecule has 0 aliphatic carbocycles. The molecule has 0 amide bonds. The van der Waals surface area contributed by atoms with Crippen molar-refractivity contribution < 1.29 is 0 Å². The highest BCUT2D eigenvalue weighted by atomic mass is 35.5. The predicted octanol–water partition coefficient (Wildman–Crippen LogP) is 1.76. The van der Waals surface area contributed by atoms with Crippen molar-refractivity contribution in [3.63, 3.8) is 0 Å². The molecule has 0 radical (unpaired) electrons. The maximum Gasteiger partial charge on any atom is 0.228 e. The topological polar surface area (TPSA) is 68.5 Å². The summed E-state index contributed by atoms with van der Waals surface area (Å²) in [4.78, 5) is 12.2. The summed E-state index contributed by atoms with van der Waals surface area (Å²) < 4.78 is 1.77. The standard InChI is InChI=1S/C9H11ClN6S/c1-5-4-6(16(3)15-5)17-9-13-7(10)12-8(11-2)14-9/h4H,1-3H3,(H,11,12,13,14). The summed E-state index contributed by atoms with van der Waals surface area (Å²) in [5.41, 5.74) is 0.948. The molecule has 0 aliphatic heterocycles. The molecule has 2 rings (SSSR count). The van der Waals surface area contributed by atoms with Crippen molar-refractivity contribution in [1.82, 2.24) is 24.7 Å². The van der Waals surface area contributed by atoms with E-state index < -0.39 is 0 Å². The summed E-state index contributed by atoms with van der Waals surface area (Å²) in [7, 11) is 3.60. The van der Waals surface area contributed by atoms with Crippen LogP contribution >= 0.6 is 23.4 Å². The third-order valence-electron chi connectivity index (χ3n) is 1.97. The Morgan fingerprint density at radius 1 is 1.35 bits per heavy atom. The molecule has 0 aromatic carbocycles. The Hall–Kier alpha value is -1.34. The molecule has 0 unspecified atom stereocenters. The molecule has 8 heteroatoms. The maximum absolute atomic E-state index is 5.80. The number of anilines is 1. The molecule has 0 bridgehead atoms. The second kappa shape index (κ2) is 4.89. The van der Waals surface area contributed by atoms with Crippen molar-refractivity contribution >= 4 is 29.3 Å². The van der Waals surface area contributed by atoms with Gasteiger partial charge in [0.05, 0.1) is 5.69 Å². The summed E-state index contributed by atoms with van der Waals surface area (Å²) in [5, 5.41) is 8.74. The molecule has 6 nitrogen and oxygen atoms in total. The van der Waals surface area contributed by atoms with E-state index in [1.807, 2.05) is 20.0 Å². The average Bonchev–Trinajstić information content (AvgIpc) is 2.56. The molecule has 90 valence electrons. The van der Waals surface area contributed by atoms with Crippen molar-refractivity contribution in [2.24, 2.45) is 7.05 Å². The molecule has 0 atom stereocenters. The van der Waals surface area contributed by atoms with Gasteiger partial charge < -0.3 is 5.32 Å². The van der Waals surface area contributed by atoms with E-state index in [0.29, 0.717) is 11.1 Å². The van der Waals surface area contributed by atoms with Crippen LogP contribution in [0.3, 0.4) is 0 Å². The second-order valence-corrected chi connectivity index (χ2v) is 4.64. The Bertz CT molecular complexity index is 540. The number of nitrogens with zero attached hydrogens (tertiary/aromatic N) is 5. The zero-order valence-corrected chi connectivity index (χ0v) is 11.2. The molecule has 0 aliphatic rings. The molecule has 2 aromatic heterocycles. The lowest BCUT2D eigenvalue weighted by Crippen LogP contribution is -2.00. The smallest absolute Gasteiger partial charge is 0.228 e. The molecule has 2 heterocycles. The fourth-order valence-electron chi connectivity index (χ4n) is 1.27. The lowest BCUT2D eigenvalue weighted by Gasteiger charge is -2.03. The third kappa shape index (κ3) is 2.86.